The van der Waals surface area contributed by atoms with Gasteiger partial charge in [-0.25, -0.2) is 0 Å². The Morgan fingerprint density at radius 3 is 2.36 bits per heavy atom. The predicted molar refractivity (Wildman–Crippen MR) is 92.6 cm³/mol. The van der Waals surface area contributed by atoms with Crippen molar-refractivity contribution in [2.24, 2.45) is 17.8 Å². The average Bonchev–Trinajstić information content (AvgIpc) is 2.45. The van der Waals surface area contributed by atoms with Crippen molar-refractivity contribution in [3.63, 3.8) is 0 Å². The van der Waals surface area contributed by atoms with E-state index >= 15 is 0 Å². The Kier molecular flexibility index (Phi) is 5.23. The molecule has 22 heavy (non-hydrogen) atoms. The molecule has 2 rings (SSSR count). The molecule has 0 bridgehead atoms. The topological polar surface area (TPSA) is 40.5 Å². The van der Waals surface area contributed by atoms with E-state index in [1.54, 1.807) is 0 Å². The highest BCUT2D eigenvalue weighted by molar-refractivity contribution is 5.18. The molecule has 4 atom stereocenters. The first kappa shape index (κ1) is 17.7. The molecule has 1 saturated carbocycles. The molecule has 0 unspecified atom stereocenters. The van der Waals surface area contributed by atoms with Crippen LogP contribution < -0.4 is 0 Å². The Bertz CT molecular complexity index is 454. The highest BCUT2D eigenvalue weighted by atomic mass is 16.3. The summed E-state index contributed by atoms with van der Waals surface area (Å²) in [5.74, 6) is 0.618. The lowest BCUT2D eigenvalue weighted by molar-refractivity contribution is -0.0625. The van der Waals surface area contributed by atoms with Gasteiger partial charge in [0.25, 0.3) is 0 Å². The Morgan fingerprint density at radius 1 is 1.09 bits per heavy atom. The van der Waals surface area contributed by atoms with E-state index in [2.05, 4.69) is 32.9 Å². The van der Waals surface area contributed by atoms with Gasteiger partial charge in [0.1, 0.15) is 0 Å². The molecule has 2 heteroatoms. The second-order valence-corrected chi connectivity index (χ2v) is 8.38. The Balaban J connectivity index is 2.52. The van der Waals surface area contributed by atoms with E-state index in [4.69, 9.17) is 0 Å². The van der Waals surface area contributed by atoms with Crippen LogP contribution in [0.5, 0.6) is 0 Å². The minimum Gasteiger partial charge on any atom is -0.390 e. The van der Waals surface area contributed by atoms with Gasteiger partial charge in [0, 0.05) is 5.92 Å². The summed E-state index contributed by atoms with van der Waals surface area (Å²) in [4.78, 5) is 0. The van der Waals surface area contributed by atoms with Gasteiger partial charge in [-0.05, 0) is 71.1 Å². The van der Waals surface area contributed by atoms with Gasteiger partial charge in [-0.2, -0.15) is 0 Å². The third-order valence-electron chi connectivity index (χ3n) is 5.98. The van der Waals surface area contributed by atoms with Crippen molar-refractivity contribution in [1.29, 1.82) is 0 Å². The second-order valence-electron chi connectivity index (χ2n) is 8.38. The lowest BCUT2D eigenvalue weighted by Gasteiger charge is -2.40. The minimum atomic E-state index is -0.725. The van der Waals surface area contributed by atoms with E-state index in [1.165, 1.54) is 11.1 Å². The van der Waals surface area contributed by atoms with E-state index in [-0.39, 0.29) is 11.8 Å². The summed E-state index contributed by atoms with van der Waals surface area (Å²) in [6, 6.07) is 0. The molecule has 2 aliphatic carbocycles. The molecule has 0 aromatic heterocycles. The molecule has 2 aliphatic rings. The largest absolute Gasteiger partial charge is 0.390 e. The zero-order chi connectivity index (χ0) is 16.5. The molecule has 0 aliphatic heterocycles. The maximum Gasteiger partial charge on any atom is 0.0686 e. The molecule has 0 aromatic carbocycles. The van der Waals surface area contributed by atoms with Crippen LogP contribution in [0, 0.1) is 17.8 Å². The third-order valence-corrected chi connectivity index (χ3v) is 5.98. The zero-order valence-corrected chi connectivity index (χ0v) is 15.0. The van der Waals surface area contributed by atoms with Crippen molar-refractivity contribution in [3.05, 3.63) is 23.3 Å². The van der Waals surface area contributed by atoms with Crippen LogP contribution in [0.4, 0.5) is 0 Å². The van der Waals surface area contributed by atoms with Gasteiger partial charge in [-0.3, -0.25) is 0 Å². The fourth-order valence-corrected chi connectivity index (χ4v) is 4.24. The van der Waals surface area contributed by atoms with Crippen LogP contribution in [-0.4, -0.2) is 21.4 Å². The third kappa shape index (κ3) is 3.83. The van der Waals surface area contributed by atoms with Gasteiger partial charge in [0.05, 0.1) is 11.2 Å². The maximum absolute atomic E-state index is 11.1. The molecule has 2 nitrogen and oxygen atoms in total. The Hall–Kier alpha value is -0.600. The number of rotatable bonds is 1. The van der Waals surface area contributed by atoms with Gasteiger partial charge in [-0.1, -0.05) is 37.1 Å². The summed E-state index contributed by atoms with van der Waals surface area (Å²) in [5, 5.41) is 22.1. The monoisotopic (exact) mass is 306 g/mol. The Labute approximate surface area is 136 Å². The zero-order valence-electron chi connectivity index (χ0n) is 15.0. The van der Waals surface area contributed by atoms with Gasteiger partial charge >= 0.3 is 0 Å². The van der Waals surface area contributed by atoms with E-state index < -0.39 is 11.2 Å². The Morgan fingerprint density at radius 2 is 1.73 bits per heavy atom. The van der Waals surface area contributed by atoms with Crippen LogP contribution in [-0.2, 0) is 0 Å². The SMILES string of the molecule is C/C1=C\C[C@@H]2[C@@H](/C=C(/C(C)C)CC1)[C@](C)(O)CCC[C@]2(C)O. The van der Waals surface area contributed by atoms with Crippen LogP contribution in [0.1, 0.15) is 73.1 Å². The molecule has 2 N–H and O–H groups in total. The molecule has 0 spiro atoms. The summed E-state index contributed by atoms with van der Waals surface area (Å²) in [7, 11) is 0. The van der Waals surface area contributed by atoms with Crippen molar-refractivity contribution in [3.8, 4) is 0 Å². The smallest absolute Gasteiger partial charge is 0.0686 e. The number of hydrogen-bond acceptors (Lipinski definition) is 2. The summed E-state index contributed by atoms with van der Waals surface area (Å²) in [5.41, 5.74) is 1.41. The molecule has 0 amide bonds. The molecule has 0 aromatic rings. The number of fused-ring (bicyclic) bond motifs is 1. The number of allylic oxidation sites excluding steroid dienone is 3. The van der Waals surface area contributed by atoms with Crippen molar-refractivity contribution < 1.29 is 10.2 Å². The fraction of sp³-hybridized carbons (Fsp3) is 0.800. The molecule has 0 saturated heterocycles. The molecule has 126 valence electrons. The second kappa shape index (κ2) is 6.49. The molecule has 0 heterocycles. The maximum atomic E-state index is 11.1. The summed E-state index contributed by atoms with van der Waals surface area (Å²) >= 11 is 0. The summed E-state index contributed by atoms with van der Waals surface area (Å²) in [6.07, 6.45) is 10.1. The average molecular weight is 306 g/mol. The normalized spacial score (nSPS) is 45.5. The van der Waals surface area contributed by atoms with Crippen LogP contribution >= 0.6 is 0 Å². The van der Waals surface area contributed by atoms with E-state index in [0.29, 0.717) is 5.92 Å². The molecule has 0 radical (unpaired) electrons. The van der Waals surface area contributed by atoms with Gasteiger partial charge in [0.2, 0.25) is 0 Å². The molecule has 1 fully saturated rings. The standard InChI is InChI=1S/C20H34O2/c1-14(2)16-9-7-15(3)8-10-17-18(13-16)20(5,22)12-6-11-19(17,4)21/h8,13-14,17-18,21-22H,6-7,9-12H2,1-5H3/b15-8+,16-13+/t17-,18-,19+,20-/m1/s1. The highest BCUT2D eigenvalue weighted by Gasteiger charge is 2.46. The van der Waals surface area contributed by atoms with Crippen molar-refractivity contribution >= 4 is 0 Å². The first-order valence-electron chi connectivity index (χ1n) is 8.94. The predicted octanol–water partition coefficient (Wildman–Crippen LogP) is 4.62. The van der Waals surface area contributed by atoms with Crippen molar-refractivity contribution in [1.82, 2.24) is 0 Å². The lowest BCUT2D eigenvalue weighted by Crippen LogP contribution is -2.44. The van der Waals surface area contributed by atoms with Gasteiger partial charge in [0.15, 0.2) is 0 Å². The minimum absolute atomic E-state index is 0.0320. The van der Waals surface area contributed by atoms with E-state index in [1.807, 2.05) is 13.8 Å². The first-order valence-corrected chi connectivity index (χ1v) is 8.94. The first-order chi connectivity index (χ1) is 10.1. The van der Waals surface area contributed by atoms with Crippen LogP contribution in [0.25, 0.3) is 0 Å². The number of aliphatic hydroxyl groups is 2. The van der Waals surface area contributed by atoms with Crippen LogP contribution in [0.2, 0.25) is 0 Å². The van der Waals surface area contributed by atoms with E-state index in [9.17, 15) is 10.2 Å². The van der Waals surface area contributed by atoms with Crippen LogP contribution in [0.15, 0.2) is 23.3 Å². The summed E-state index contributed by atoms with van der Waals surface area (Å²) in [6.45, 7) is 10.6. The molecular formula is C20H34O2. The fourth-order valence-electron chi connectivity index (χ4n) is 4.24. The summed E-state index contributed by atoms with van der Waals surface area (Å²) < 4.78 is 0. The van der Waals surface area contributed by atoms with Crippen molar-refractivity contribution in [2.75, 3.05) is 0 Å². The molecular weight excluding hydrogens is 272 g/mol. The van der Waals surface area contributed by atoms with Crippen LogP contribution in [0.3, 0.4) is 0 Å². The number of hydrogen-bond donors (Lipinski definition) is 2. The highest BCUT2D eigenvalue weighted by Crippen LogP contribution is 2.46. The van der Waals surface area contributed by atoms with Crippen molar-refractivity contribution in [2.45, 2.75) is 84.3 Å². The van der Waals surface area contributed by atoms with Gasteiger partial charge < -0.3 is 10.2 Å². The quantitative estimate of drug-likeness (QED) is 0.694. The lowest BCUT2D eigenvalue weighted by atomic mass is 9.70. The van der Waals surface area contributed by atoms with E-state index in [0.717, 1.165) is 38.5 Å². The van der Waals surface area contributed by atoms with Gasteiger partial charge in [-0.15, -0.1) is 0 Å².